The van der Waals surface area contributed by atoms with Crippen molar-refractivity contribution >= 4 is 62.7 Å². The third-order valence-electron chi connectivity index (χ3n) is 5.59. The molecule has 4 aromatic rings. The van der Waals surface area contributed by atoms with Gasteiger partial charge in [-0.2, -0.15) is 4.39 Å². The van der Waals surface area contributed by atoms with Crippen molar-refractivity contribution in [2.24, 2.45) is 0 Å². The molecular weight excluding hydrogens is 584 g/mol. The van der Waals surface area contributed by atoms with Gasteiger partial charge in [0.1, 0.15) is 6.61 Å². The molecule has 0 unspecified atom stereocenters. The molecule has 0 fully saturated rings. The van der Waals surface area contributed by atoms with E-state index >= 15 is 0 Å². The Bertz CT molecular complexity index is 1400. The van der Waals surface area contributed by atoms with Crippen LogP contribution in [0.5, 0.6) is 5.75 Å². The number of halogens is 3. The fourth-order valence-electron chi connectivity index (χ4n) is 3.77. The molecule has 0 atom stereocenters. The summed E-state index contributed by atoms with van der Waals surface area (Å²) in [6.07, 6.45) is 1.37. The minimum absolute atomic E-state index is 0. The van der Waals surface area contributed by atoms with Gasteiger partial charge in [0.05, 0.1) is 11.1 Å². The number of benzene rings is 2. The Hall–Kier alpha value is -2.76. The minimum atomic E-state index is -0.631. The molecule has 2 aromatic heterocycles. The summed E-state index contributed by atoms with van der Waals surface area (Å²) < 4.78 is 20.0. The second-order valence-electron chi connectivity index (χ2n) is 7.70. The van der Waals surface area contributed by atoms with Crippen LogP contribution in [0.2, 0.25) is 0 Å². The van der Waals surface area contributed by atoms with Crippen LogP contribution >= 0.6 is 35.0 Å². The summed E-state index contributed by atoms with van der Waals surface area (Å²) in [6, 6.07) is 13.9. The molecule has 0 saturated carbocycles. The number of H-pyrrole nitrogens is 1. The van der Waals surface area contributed by atoms with Gasteiger partial charge >= 0.3 is 0 Å². The lowest BCUT2D eigenvalue weighted by molar-refractivity contribution is 0.0949. The van der Waals surface area contributed by atoms with Gasteiger partial charge < -0.3 is 15.0 Å². The number of aromatic amines is 1. The Kier molecular flexibility index (Phi) is 9.41. The zero-order valence-electron chi connectivity index (χ0n) is 19.0. The summed E-state index contributed by atoms with van der Waals surface area (Å²) in [7, 11) is 0. The number of hydrogen-bond donors (Lipinski definition) is 2. The summed E-state index contributed by atoms with van der Waals surface area (Å²) in [6.45, 7) is 4.66. The van der Waals surface area contributed by atoms with Gasteiger partial charge in [-0.3, -0.25) is 14.5 Å². The monoisotopic (exact) mass is 608 g/mol. The van der Waals surface area contributed by atoms with Crippen molar-refractivity contribution in [3.05, 3.63) is 80.0 Å². The smallest absolute Gasteiger partial charge is 0.255 e. The number of carbonyl (C=O) groups is 1. The van der Waals surface area contributed by atoms with Crippen molar-refractivity contribution in [1.82, 2.24) is 20.2 Å². The van der Waals surface area contributed by atoms with Crippen LogP contribution in [-0.2, 0) is 0 Å². The topological polar surface area (TPSA) is 87.3 Å². The summed E-state index contributed by atoms with van der Waals surface area (Å²) in [4.78, 5) is 34.8. The highest BCUT2D eigenvalue weighted by Gasteiger charge is 2.14. The summed E-state index contributed by atoms with van der Waals surface area (Å²) >= 11 is 2.17. The van der Waals surface area contributed by atoms with E-state index in [1.807, 2.05) is 25.1 Å². The normalized spacial score (nSPS) is 11.0. The molecule has 0 saturated heterocycles. The van der Waals surface area contributed by atoms with Crippen molar-refractivity contribution in [2.45, 2.75) is 6.92 Å². The molecule has 1 amide bonds. The van der Waals surface area contributed by atoms with Gasteiger partial charge in [0.25, 0.3) is 11.9 Å². The average Bonchev–Trinajstić information content (AvgIpc) is 2.84. The maximum Gasteiger partial charge on any atom is 0.255 e. The van der Waals surface area contributed by atoms with Crippen LogP contribution in [0.1, 0.15) is 17.3 Å². The maximum atomic E-state index is 13.6. The first kappa shape index (κ1) is 26.8. The van der Waals surface area contributed by atoms with E-state index in [1.165, 1.54) is 12.3 Å². The number of likely N-dealkylation sites (N-methyl/N-ethyl adjacent to an activating group) is 1. The number of para-hydroxylation sites is 1. The molecular formula is C25H25ClFIN4O3. The van der Waals surface area contributed by atoms with Crippen LogP contribution in [0.25, 0.3) is 21.8 Å². The van der Waals surface area contributed by atoms with Gasteiger partial charge in [-0.1, -0.05) is 13.0 Å². The third kappa shape index (κ3) is 6.28. The highest BCUT2D eigenvalue weighted by atomic mass is 125. The molecule has 2 N–H and O–H groups in total. The second kappa shape index (κ2) is 12.3. The fraction of sp³-hybridized carbons (Fsp3) is 0.240. The first-order chi connectivity index (χ1) is 16.5. The van der Waals surface area contributed by atoms with Gasteiger partial charge in [0.2, 0.25) is 0 Å². The lowest BCUT2D eigenvalue weighted by Gasteiger charge is -2.20. The van der Waals surface area contributed by atoms with Gasteiger partial charge in [0, 0.05) is 45.7 Å². The molecule has 4 rings (SSSR count). The van der Waals surface area contributed by atoms with Crippen LogP contribution in [0, 0.1) is 9.52 Å². The van der Waals surface area contributed by atoms with Crippen molar-refractivity contribution in [3.8, 4) is 5.75 Å². The number of pyridine rings is 2. The molecule has 0 bridgehead atoms. The third-order valence-corrected chi connectivity index (χ3v) is 6.26. The number of nitrogens with one attached hydrogen (secondary N) is 2. The van der Waals surface area contributed by atoms with Crippen LogP contribution < -0.4 is 15.5 Å². The van der Waals surface area contributed by atoms with E-state index in [4.69, 9.17) is 4.74 Å². The van der Waals surface area contributed by atoms with Gasteiger partial charge in [0.15, 0.2) is 11.2 Å². The quantitative estimate of drug-likeness (QED) is 0.167. The first-order valence-electron chi connectivity index (χ1n) is 11.0. The molecule has 0 aliphatic heterocycles. The number of nitrogens with zero attached hydrogens (tertiary/aromatic N) is 2. The molecule has 184 valence electrons. The minimum Gasteiger partial charge on any atom is -0.487 e. The predicted octanol–water partition coefficient (Wildman–Crippen LogP) is 4.37. The number of amides is 1. The summed E-state index contributed by atoms with van der Waals surface area (Å²) in [5.41, 5.74) is 1.55. The largest absolute Gasteiger partial charge is 0.487 e. The van der Waals surface area contributed by atoms with E-state index < -0.39 is 5.95 Å². The SMILES string of the molecule is CCN(CCNC(=O)c1cccc2c(=O)c3cc([125I])ccc3[nH]c12)CCOc1cccnc1F.Cl. The van der Waals surface area contributed by atoms with Crippen LogP contribution in [-0.4, -0.2) is 53.6 Å². The van der Waals surface area contributed by atoms with Gasteiger partial charge in [-0.25, -0.2) is 4.98 Å². The molecule has 10 heteroatoms. The molecule has 7 nitrogen and oxygen atoms in total. The summed E-state index contributed by atoms with van der Waals surface area (Å²) in [5.74, 6) is -0.761. The highest BCUT2D eigenvalue weighted by molar-refractivity contribution is 14.1. The molecule has 2 heterocycles. The van der Waals surface area contributed by atoms with E-state index in [1.54, 1.807) is 24.3 Å². The summed E-state index contributed by atoms with van der Waals surface area (Å²) in [5, 5.41) is 4.02. The first-order valence-corrected chi connectivity index (χ1v) is 12.0. The van der Waals surface area contributed by atoms with Crippen LogP contribution in [0.4, 0.5) is 4.39 Å². The lowest BCUT2D eigenvalue weighted by Crippen LogP contribution is -2.37. The maximum absolute atomic E-state index is 13.6. The molecule has 35 heavy (non-hydrogen) atoms. The van der Waals surface area contributed by atoms with Crippen molar-refractivity contribution < 1.29 is 13.9 Å². The zero-order valence-corrected chi connectivity index (χ0v) is 22.0. The van der Waals surface area contributed by atoms with Crippen LogP contribution in [0.15, 0.2) is 59.5 Å². The van der Waals surface area contributed by atoms with E-state index in [0.29, 0.717) is 53.6 Å². The van der Waals surface area contributed by atoms with E-state index in [2.05, 4.69) is 42.8 Å². The van der Waals surface area contributed by atoms with Crippen LogP contribution in [0.3, 0.4) is 0 Å². The van der Waals surface area contributed by atoms with E-state index in [-0.39, 0.29) is 29.5 Å². The van der Waals surface area contributed by atoms with E-state index in [9.17, 15) is 14.0 Å². The Morgan fingerprint density at radius 1 is 1.17 bits per heavy atom. The predicted molar refractivity (Wildman–Crippen MR) is 146 cm³/mol. The molecule has 0 aliphatic rings. The Morgan fingerprint density at radius 3 is 2.77 bits per heavy atom. The number of hydrogen-bond acceptors (Lipinski definition) is 5. The second-order valence-corrected chi connectivity index (χ2v) is 8.95. The standard InChI is InChI=1S/C25H24FIN4O3.ClH/c1-2-31(13-14-34-21-7-4-10-28-24(21)26)12-11-29-25(33)18-6-3-5-17-22(18)30-20-9-8-16(27)15-19(20)23(17)32;/h3-10,15H,2,11-14H2,1H3,(H,29,33)(H,30,32);1H/i27-2;. The number of carbonyl (C=O) groups excluding carboxylic acids is 1. The molecule has 0 aliphatic carbocycles. The van der Waals surface area contributed by atoms with Crippen molar-refractivity contribution in [2.75, 3.05) is 32.8 Å². The number of aromatic nitrogens is 2. The fourth-order valence-corrected chi connectivity index (χ4v) is 4.26. The Morgan fingerprint density at radius 2 is 2.00 bits per heavy atom. The molecule has 0 spiro atoms. The van der Waals surface area contributed by atoms with Gasteiger partial charge in [-0.05, 0) is 71.6 Å². The molecule has 2 aromatic carbocycles. The number of fused-ring (bicyclic) bond motifs is 2. The van der Waals surface area contributed by atoms with Crippen molar-refractivity contribution in [1.29, 1.82) is 0 Å². The average molecular weight is 609 g/mol. The lowest BCUT2D eigenvalue weighted by atomic mass is 10.1. The Balaban J connectivity index is 0.00000342. The molecule has 0 radical (unpaired) electrons. The van der Waals surface area contributed by atoms with Crippen molar-refractivity contribution in [3.63, 3.8) is 0 Å². The number of rotatable bonds is 9. The Labute approximate surface area is 221 Å². The number of ether oxygens (including phenoxy) is 1. The zero-order chi connectivity index (χ0) is 24.1. The van der Waals surface area contributed by atoms with E-state index in [0.717, 1.165) is 10.1 Å². The van der Waals surface area contributed by atoms with Gasteiger partial charge in [-0.15, -0.1) is 12.4 Å². The highest BCUT2D eigenvalue weighted by Crippen LogP contribution is 2.20.